The van der Waals surface area contributed by atoms with Crippen molar-refractivity contribution in [3.05, 3.63) is 23.9 Å². The third-order valence-electron chi connectivity index (χ3n) is 11.0. The molecule has 0 bridgehead atoms. The van der Waals surface area contributed by atoms with E-state index in [1.807, 2.05) is 5.57 Å². The van der Waals surface area contributed by atoms with Crippen molar-refractivity contribution in [2.45, 2.75) is 92.4 Å². The van der Waals surface area contributed by atoms with Gasteiger partial charge in [0.2, 0.25) is 0 Å². The van der Waals surface area contributed by atoms with Gasteiger partial charge in [-0.1, -0.05) is 39.5 Å². The van der Waals surface area contributed by atoms with Gasteiger partial charge < -0.3 is 10.2 Å². The molecule has 0 saturated heterocycles. The number of nitrogens with one attached hydrogen (secondary N) is 1. The summed E-state index contributed by atoms with van der Waals surface area (Å²) in [7, 11) is 2.16. The summed E-state index contributed by atoms with van der Waals surface area (Å²) in [5, 5.41) is 3.49. The first-order valence-corrected chi connectivity index (χ1v) is 13.7. The van der Waals surface area contributed by atoms with Crippen molar-refractivity contribution in [2.24, 2.45) is 39.0 Å². The monoisotopic (exact) mass is 453 g/mol. The predicted octanol–water partition coefficient (Wildman–Crippen LogP) is 6.86. The topological polar surface area (TPSA) is 27.6 Å². The number of rotatable bonds is 9. The lowest BCUT2D eigenvalue weighted by molar-refractivity contribution is 0.0524. The van der Waals surface area contributed by atoms with Gasteiger partial charge in [-0.3, -0.25) is 4.99 Å². The fraction of sp³-hybridized carbons (Fsp3) is 0.833. The average Bonchev–Trinajstić information content (AvgIpc) is 3.04. The number of hydrogen-bond donors (Lipinski definition) is 1. The smallest absolute Gasteiger partial charge is 0.0781 e. The van der Waals surface area contributed by atoms with Gasteiger partial charge in [0.1, 0.15) is 0 Å². The van der Waals surface area contributed by atoms with Crippen molar-refractivity contribution in [2.75, 3.05) is 33.2 Å². The molecular formula is C30H51N3. The van der Waals surface area contributed by atoms with Crippen LogP contribution in [0.4, 0.5) is 0 Å². The Labute approximate surface area is 204 Å². The first-order chi connectivity index (χ1) is 15.4. The lowest BCUT2D eigenvalue weighted by Gasteiger charge is -2.45. The Morgan fingerprint density at radius 2 is 2.00 bits per heavy atom. The van der Waals surface area contributed by atoms with Crippen LogP contribution in [-0.4, -0.2) is 43.8 Å². The molecular weight excluding hydrogens is 402 g/mol. The molecule has 6 atom stereocenters. The quantitative estimate of drug-likeness (QED) is 0.234. The Bertz CT molecular complexity index is 811. The van der Waals surface area contributed by atoms with E-state index >= 15 is 0 Å². The van der Waals surface area contributed by atoms with Gasteiger partial charge in [-0.25, -0.2) is 0 Å². The molecule has 4 saturated carbocycles. The number of nitrogens with zero attached hydrogens (tertiary/aromatic N) is 2. The van der Waals surface area contributed by atoms with Gasteiger partial charge in [0.25, 0.3) is 0 Å². The second kappa shape index (κ2) is 9.17. The maximum Gasteiger partial charge on any atom is 0.0781 e. The van der Waals surface area contributed by atoms with Crippen LogP contribution in [0, 0.1) is 34.0 Å². The molecule has 33 heavy (non-hydrogen) atoms. The van der Waals surface area contributed by atoms with E-state index in [2.05, 4.69) is 50.7 Å². The van der Waals surface area contributed by atoms with Crippen LogP contribution in [0.2, 0.25) is 0 Å². The maximum absolute atomic E-state index is 5.15. The molecule has 0 aromatic heterocycles. The van der Waals surface area contributed by atoms with Gasteiger partial charge in [0.15, 0.2) is 0 Å². The molecule has 5 aliphatic rings. The minimum Gasteiger partial charge on any atom is -0.376 e. The van der Waals surface area contributed by atoms with Crippen LogP contribution < -0.4 is 5.32 Å². The van der Waals surface area contributed by atoms with E-state index in [0.717, 1.165) is 43.7 Å². The standard InChI is InChI=1S/C29H47N3.CH4/c1-6-17-30-18-19-32(5)21(2)20-31-22(3)24-10-11-25-27(24,4)15-13-26-28-14-8-7-9-23(28)12-16-29(25,26)28;/h9,24-26,30H,2,6-8,10-20H2,1,3-5H3;1H4. The molecule has 0 amide bonds. The summed E-state index contributed by atoms with van der Waals surface area (Å²) in [5.74, 6) is 2.64. The number of fused-ring (bicyclic) bond motifs is 1. The zero-order valence-electron chi connectivity index (χ0n) is 21.3. The van der Waals surface area contributed by atoms with E-state index in [4.69, 9.17) is 4.99 Å². The van der Waals surface area contributed by atoms with Gasteiger partial charge in [0, 0.05) is 42.9 Å². The van der Waals surface area contributed by atoms with Crippen molar-refractivity contribution in [1.29, 1.82) is 0 Å². The molecule has 6 unspecified atom stereocenters. The van der Waals surface area contributed by atoms with Crippen molar-refractivity contribution in [3.8, 4) is 0 Å². The summed E-state index contributed by atoms with van der Waals surface area (Å²) in [6.07, 6.45) is 16.8. The molecule has 3 nitrogen and oxygen atoms in total. The van der Waals surface area contributed by atoms with E-state index in [1.54, 1.807) is 0 Å². The summed E-state index contributed by atoms with van der Waals surface area (Å²) in [5.41, 5.74) is 6.26. The largest absolute Gasteiger partial charge is 0.376 e. The normalized spacial score (nSPS) is 40.7. The zero-order valence-corrected chi connectivity index (χ0v) is 21.3. The molecule has 3 heteroatoms. The molecule has 0 heterocycles. The Balaban J connectivity index is 0.00000259. The van der Waals surface area contributed by atoms with Gasteiger partial charge in [-0.05, 0) is 100 Å². The van der Waals surface area contributed by atoms with E-state index in [1.165, 1.54) is 69.9 Å². The number of hydrogen-bond acceptors (Lipinski definition) is 3. The minimum absolute atomic E-state index is 0. The van der Waals surface area contributed by atoms with Crippen LogP contribution in [0.25, 0.3) is 0 Å². The first kappa shape index (κ1) is 25.0. The Kier molecular flexibility index (Phi) is 6.95. The highest BCUT2D eigenvalue weighted by Gasteiger charge is 2.84. The van der Waals surface area contributed by atoms with E-state index in [9.17, 15) is 0 Å². The Morgan fingerprint density at radius 3 is 2.79 bits per heavy atom. The Morgan fingerprint density at radius 1 is 1.18 bits per heavy atom. The molecule has 186 valence electrons. The van der Waals surface area contributed by atoms with Crippen LogP contribution in [0.15, 0.2) is 28.9 Å². The van der Waals surface area contributed by atoms with Crippen molar-refractivity contribution in [1.82, 2.24) is 10.2 Å². The lowest BCUT2D eigenvalue weighted by atomic mass is 9.59. The van der Waals surface area contributed by atoms with Crippen molar-refractivity contribution in [3.63, 3.8) is 0 Å². The number of allylic oxidation sites excluding steroid dienone is 2. The Hall–Kier alpha value is -1.09. The highest BCUT2D eigenvalue weighted by atomic mass is 15.1. The SMILES string of the molecule is C.C=C(CN=C(C)C1CCC2C1(C)CCC1C34CCCC=C3CCC214)N(C)CCNCCC. The molecule has 2 spiro atoms. The number of likely N-dealkylation sites (N-methyl/N-ethyl adjacent to an activating group) is 1. The van der Waals surface area contributed by atoms with Crippen LogP contribution in [-0.2, 0) is 0 Å². The fourth-order valence-electron chi connectivity index (χ4n) is 9.67. The molecule has 4 fully saturated rings. The van der Waals surface area contributed by atoms with Crippen LogP contribution >= 0.6 is 0 Å². The van der Waals surface area contributed by atoms with Gasteiger partial charge in [-0.2, -0.15) is 0 Å². The van der Waals surface area contributed by atoms with Crippen molar-refractivity contribution >= 4 is 5.71 Å². The first-order valence-electron chi connectivity index (χ1n) is 13.7. The third-order valence-corrected chi connectivity index (χ3v) is 11.0. The third kappa shape index (κ3) is 3.50. The highest BCUT2D eigenvalue weighted by molar-refractivity contribution is 5.85. The summed E-state index contributed by atoms with van der Waals surface area (Å²) in [6.45, 7) is 15.5. The van der Waals surface area contributed by atoms with Gasteiger partial charge in [-0.15, -0.1) is 0 Å². The second-order valence-electron chi connectivity index (χ2n) is 12.1. The highest BCUT2D eigenvalue weighted by Crippen LogP contribution is 2.91. The van der Waals surface area contributed by atoms with E-state index in [-0.39, 0.29) is 7.43 Å². The van der Waals surface area contributed by atoms with E-state index in [0.29, 0.717) is 22.2 Å². The molecule has 0 aliphatic heterocycles. The minimum atomic E-state index is 0. The molecule has 5 aliphatic carbocycles. The van der Waals surface area contributed by atoms with Crippen LogP contribution in [0.5, 0.6) is 0 Å². The zero-order chi connectivity index (χ0) is 22.6. The van der Waals surface area contributed by atoms with Crippen molar-refractivity contribution < 1.29 is 0 Å². The predicted molar refractivity (Wildman–Crippen MR) is 143 cm³/mol. The van der Waals surface area contributed by atoms with Gasteiger partial charge in [0.05, 0.1) is 6.54 Å². The number of aliphatic imine (C=N–C) groups is 1. The van der Waals surface area contributed by atoms with Gasteiger partial charge >= 0.3 is 0 Å². The molecule has 0 radical (unpaired) electrons. The average molecular weight is 454 g/mol. The summed E-state index contributed by atoms with van der Waals surface area (Å²) in [4.78, 5) is 7.44. The summed E-state index contributed by atoms with van der Waals surface area (Å²) < 4.78 is 0. The molecule has 0 aromatic rings. The lowest BCUT2D eigenvalue weighted by Crippen LogP contribution is -2.40. The molecule has 0 aromatic carbocycles. The second-order valence-corrected chi connectivity index (χ2v) is 12.1. The van der Waals surface area contributed by atoms with E-state index < -0.39 is 0 Å². The van der Waals surface area contributed by atoms with Crippen LogP contribution in [0.1, 0.15) is 92.4 Å². The summed E-state index contributed by atoms with van der Waals surface area (Å²) in [6, 6.07) is 0. The summed E-state index contributed by atoms with van der Waals surface area (Å²) >= 11 is 0. The molecule has 5 rings (SSSR count). The van der Waals surface area contributed by atoms with Crippen LogP contribution in [0.3, 0.4) is 0 Å². The maximum atomic E-state index is 5.15. The molecule has 1 N–H and O–H groups in total. The fourth-order valence-corrected chi connectivity index (χ4v) is 9.67.